The summed E-state index contributed by atoms with van der Waals surface area (Å²) in [5.74, 6) is -0.983. The summed E-state index contributed by atoms with van der Waals surface area (Å²) in [4.78, 5) is 14.4. The minimum atomic E-state index is -0.529. The number of carbonyl (C=O) groups is 1. The van der Waals surface area contributed by atoms with Gasteiger partial charge in [0.25, 0.3) is 0 Å². The van der Waals surface area contributed by atoms with Crippen LogP contribution in [-0.2, 0) is 4.74 Å². The Morgan fingerprint density at radius 2 is 2.20 bits per heavy atom. The van der Waals surface area contributed by atoms with E-state index in [0.29, 0.717) is 10.9 Å². The van der Waals surface area contributed by atoms with Gasteiger partial charge in [0.1, 0.15) is 5.82 Å². The third-order valence-corrected chi connectivity index (χ3v) is 2.24. The number of methoxy groups -OCH3 is 1. The molecule has 15 heavy (non-hydrogen) atoms. The number of ether oxygens (including phenoxy) is 1. The summed E-state index contributed by atoms with van der Waals surface area (Å²) in [6, 6.07) is 4.33. The molecular formula is C10H9BFNO2. The van der Waals surface area contributed by atoms with Crippen molar-refractivity contribution in [1.82, 2.24) is 4.98 Å². The van der Waals surface area contributed by atoms with Gasteiger partial charge in [-0.1, -0.05) is 0 Å². The molecule has 0 fully saturated rings. The van der Waals surface area contributed by atoms with E-state index in [9.17, 15) is 9.18 Å². The van der Waals surface area contributed by atoms with Crippen molar-refractivity contribution in [3.05, 3.63) is 29.6 Å². The van der Waals surface area contributed by atoms with Crippen LogP contribution in [0.4, 0.5) is 4.39 Å². The van der Waals surface area contributed by atoms with Crippen molar-refractivity contribution < 1.29 is 13.9 Å². The van der Waals surface area contributed by atoms with Crippen LogP contribution in [0.15, 0.2) is 18.2 Å². The Balaban J connectivity index is 2.75. The summed E-state index contributed by atoms with van der Waals surface area (Å²) >= 11 is 0. The third-order valence-electron chi connectivity index (χ3n) is 2.24. The molecule has 0 spiro atoms. The second kappa shape index (κ2) is 3.42. The molecule has 0 unspecified atom stereocenters. The third kappa shape index (κ3) is 1.60. The molecule has 1 heterocycles. The normalized spacial score (nSPS) is 10.5. The van der Waals surface area contributed by atoms with Crippen molar-refractivity contribution >= 4 is 30.3 Å². The van der Waals surface area contributed by atoms with Crippen LogP contribution >= 0.6 is 0 Å². The van der Waals surface area contributed by atoms with Gasteiger partial charge < -0.3 is 9.72 Å². The van der Waals surface area contributed by atoms with Crippen molar-refractivity contribution in [3.63, 3.8) is 0 Å². The first-order chi connectivity index (χ1) is 7.11. The second-order valence-electron chi connectivity index (χ2n) is 3.36. The lowest BCUT2D eigenvalue weighted by Gasteiger charge is -2.01. The van der Waals surface area contributed by atoms with Crippen LogP contribution < -0.4 is 5.59 Å². The van der Waals surface area contributed by atoms with Crippen LogP contribution in [0.25, 0.3) is 10.9 Å². The van der Waals surface area contributed by atoms with Crippen molar-refractivity contribution in [1.29, 1.82) is 0 Å². The minimum Gasteiger partial charge on any atom is -0.465 e. The zero-order valence-electron chi connectivity index (χ0n) is 8.43. The molecule has 0 bridgehead atoms. The van der Waals surface area contributed by atoms with Gasteiger partial charge in [-0.2, -0.15) is 0 Å². The monoisotopic (exact) mass is 205 g/mol. The Hall–Kier alpha value is -1.78. The maximum Gasteiger partial charge on any atom is 0.338 e. The Kier molecular flexibility index (Phi) is 2.23. The number of fused-ring (bicyclic) bond motifs is 1. The summed E-state index contributed by atoms with van der Waals surface area (Å²) in [6.07, 6.45) is 0. The molecule has 2 aromatic rings. The van der Waals surface area contributed by atoms with Gasteiger partial charge in [0, 0.05) is 10.9 Å². The maximum atomic E-state index is 13.2. The molecule has 3 nitrogen and oxygen atoms in total. The fourth-order valence-electron chi connectivity index (χ4n) is 1.62. The first-order valence-electron chi connectivity index (χ1n) is 4.49. The number of halogens is 1. The van der Waals surface area contributed by atoms with Gasteiger partial charge in [0.15, 0.2) is 7.85 Å². The van der Waals surface area contributed by atoms with Crippen LogP contribution in [0.3, 0.4) is 0 Å². The van der Waals surface area contributed by atoms with E-state index < -0.39 is 11.8 Å². The summed E-state index contributed by atoms with van der Waals surface area (Å²) in [5.41, 5.74) is 1.73. The van der Waals surface area contributed by atoms with Crippen molar-refractivity contribution in [2.45, 2.75) is 0 Å². The Morgan fingerprint density at radius 3 is 2.87 bits per heavy atom. The van der Waals surface area contributed by atoms with Crippen LogP contribution in [0.5, 0.6) is 0 Å². The maximum absolute atomic E-state index is 13.2. The molecule has 0 atom stereocenters. The Labute approximate surface area is 86.6 Å². The standard InChI is InChI=1S/C10H9BFNO2/c1-15-10(14)7-2-5(12)3-8-6(7)4-9(11)13-8/h2-4,13H,11H2,1H3. The lowest BCUT2D eigenvalue weighted by molar-refractivity contribution is 0.0602. The SMILES string of the molecule is Bc1cc2c(C(=O)OC)cc(F)cc2[nH]1. The van der Waals surface area contributed by atoms with E-state index in [2.05, 4.69) is 9.72 Å². The minimum absolute atomic E-state index is 0.247. The summed E-state index contributed by atoms with van der Waals surface area (Å²) in [7, 11) is 3.12. The predicted molar refractivity (Wildman–Crippen MR) is 57.8 cm³/mol. The van der Waals surface area contributed by atoms with Gasteiger partial charge >= 0.3 is 5.97 Å². The molecule has 1 aromatic carbocycles. The van der Waals surface area contributed by atoms with Crippen molar-refractivity contribution in [2.24, 2.45) is 0 Å². The van der Waals surface area contributed by atoms with Gasteiger partial charge in [-0.3, -0.25) is 0 Å². The van der Waals surface area contributed by atoms with Crippen LogP contribution in [-0.4, -0.2) is 25.9 Å². The number of carbonyl (C=O) groups excluding carboxylic acids is 1. The molecule has 1 N–H and O–H groups in total. The van der Waals surface area contributed by atoms with Crippen molar-refractivity contribution in [2.75, 3.05) is 7.11 Å². The number of H-pyrrole nitrogens is 1. The molecule has 2 rings (SSSR count). The highest BCUT2D eigenvalue weighted by Crippen LogP contribution is 2.19. The zero-order valence-corrected chi connectivity index (χ0v) is 8.43. The fourth-order valence-corrected chi connectivity index (χ4v) is 1.62. The number of aromatic amines is 1. The topological polar surface area (TPSA) is 42.1 Å². The van der Waals surface area contributed by atoms with Gasteiger partial charge in [-0.05, 0) is 23.8 Å². The van der Waals surface area contributed by atoms with E-state index in [1.807, 2.05) is 7.85 Å². The largest absolute Gasteiger partial charge is 0.465 e. The molecule has 0 amide bonds. The number of benzene rings is 1. The first kappa shape index (κ1) is 9.77. The van der Waals surface area contributed by atoms with Gasteiger partial charge in [0.05, 0.1) is 12.7 Å². The summed E-state index contributed by atoms with van der Waals surface area (Å²) in [5, 5.41) is 0.681. The van der Waals surface area contributed by atoms with E-state index in [1.165, 1.54) is 19.2 Å². The molecule has 0 saturated heterocycles. The number of hydrogen-bond acceptors (Lipinski definition) is 2. The fraction of sp³-hybridized carbons (Fsp3) is 0.100. The molecule has 0 aliphatic heterocycles. The van der Waals surface area contributed by atoms with Crippen LogP contribution in [0.1, 0.15) is 10.4 Å². The lowest BCUT2D eigenvalue weighted by Crippen LogP contribution is -2.02. The molecule has 76 valence electrons. The Morgan fingerprint density at radius 1 is 1.47 bits per heavy atom. The lowest BCUT2D eigenvalue weighted by atomic mass is 10.0. The van der Waals surface area contributed by atoms with E-state index in [1.54, 1.807) is 6.07 Å². The quantitative estimate of drug-likeness (QED) is 0.539. The molecule has 5 heteroatoms. The van der Waals surface area contributed by atoms with Gasteiger partial charge in [-0.25, -0.2) is 9.18 Å². The number of aromatic nitrogens is 1. The molecule has 0 radical (unpaired) electrons. The summed E-state index contributed by atoms with van der Waals surface area (Å²) < 4.78 is 17.8. The predicted octanol–water partition coefficient (Wildman–Crippen LogP) is 0.352. The second-order valence-corrected chi connectivity index (χ2v) is 3.36. The van der Waals surface area contributed by atoms with Crippen molar-refractivity contribution in [3.8, 4) is 0 Å². The van der Waals surface area contributed by atoms with E-state index >= 15 is 0 Å². The summed E-state index contributed by atoms with van der Waals surface area (Å²) in [6.45, 7) is 0. The van der Waals surface area contributed by atoms with E-state index in [-0.39, 0.29) is 5.56 Å². The smallest absolute Gasteiger partial charge is 0.338 e. The average molecular weight is 205 g/mol. The van der Waals surface area contributed by atoms with E-state index in [4.69, 9.17) is 0 Å². The van der Waals surface area contributed by atoms with E-state index in [0.717, 1.165) is 5.59 Å². The number of rotatable bonds is 1. The molecule has 0 aliphatic carbocycles. The van der Waals surface area contributed by atoms with Crippen LogP contribution in [0.2, 0.25) is 0 Å². The highest BCUT2D eigenvalue weighted by molar-refractivity contribution is 6.32. The molecule has 0 saturated carbocycles. The Bertz CT molecular complexity index is 535. The highest BCUT2D eigenvalue weighted by atomic mass is 19.1. The van der Waals surface area contributed by atoms with Gasteiger partial charge in [-0.15, -0.1) is 0 Å². The van der Waals surface area contributed by atoms with Gasteiger partial charge in [0.2, 0.25) is 0 Å². The molecule has 1 aromatic heterocycles. The zero-order chi connectivity index (χ0) is 11.0. The molecule has 0 aliphatic rings. The number of esters is 1. The average Bonchev–Trinajstić information content (AvgIpc) is 2.55. The number of nitrogens with one attached hydrogen (secondary N) is 1. The van der Waals surface area contributed by atoms with Crippen LogP contribution in [0, 0.1) is 5.82 Å². The highest BCUT2D eigenvalue weighted by Gasteiger charge is 2.13. The number of hydrogen-bond donors (Lipinski definition) is 1. The first-order valence-corrected chi connectivity index (χ1v) is 4.49. The molecular weight excluding hydrogens is 196 g/mol.